The summed E-state index contributed by atoms with van der Waals surface area (Å²) in [6.45, 7) is 0. The van der Waals surface area contributed by atoms with Crippen molar-refractivity contribution in [2.45, 2.75) is 24.8 Å². The predicted molar refractivity (Wildman–Crippen MR) is 59.4 cm³/mol. The SMILES string of the molecule is COc1cc(CC2(N)CC2)c(F)c(OC)c1. The molecule has 16 heavy (non-hydrogen) atoms. The molecule has 0 aromatic heterocycles. The van der Waals surface area contributed by atoms with E-state index < -0.39 is 0 Å². The molecule has 4 heteroatoms. The molecule has 0 amide bonds. The fourth-order valence-corrected chi connectivity index (χ4v) is 1.74. The summed E-state index contributed by atoms with van der Waals surface area (Å²) in [4.78, 5) is 0. The zero-order valence-corrected chi connectivity index (χ0v) is 9.55. The standard InChI is InChI=1S/C12H16FNO2/c1-15-9-5-8(7-12(14)3-4-12)11(13)10(6-9)16-2/h5-6H,3-4,7,14H2,1-2H3. The average Bonchev–Trinajstić information content (AvgIpc) is 2.99. The summed E-state index contributed by atoms with van der Waals surface area (Å²) in [6, 6.07) is 3.22. The number of halogens is 1. The van der Waals surface area contributed by atoms with Crippen LogP contribution in [-0.2, 0) is 6.42 Å². The van der Waals surface area contributed by atoms with Crippen LogP contribution in [0.2, 0.25) is 0 Å². The molecule has 0 unspecified atom stereocenters. The first-order valence-corrected chi connectivity index (χ1v) is 5.27. The minimum Gasteiger partial charge on any atom is -0.497 e. The summed E-state index contributed by atoms with van der Waals surface area (Å²) in [5.41, 5.74) is 6.32. The second-order valence-electron chi connectivity index (χ2n) is 4.34. The normalized spacial score (nSPS) is 17.0. The van der Waals surface area contributed by atoms with Crippen molar-refractivity contribution in [1.82, 2.24) is 0 Å². The van der Waals surface area contributed by atoms with Gasteiger partial charge in [-0.1, -0.05) is 0 Å². The molecule has 1 aliphatic rings. The summed E-state index contributed by atoms with van der Waals surface area (Å²) in [6.07, 6.45) is 2.43. The van der Waals surface area contributed by atoms with E-state index in [1.165, 1.54) is 13.2 Å². The highest BCUT2D eigenvalue weighted by Crippen LogP contribution is 2.38. The lowest BCUT2D eigenvalue weighted by molar-refractivity contribution is 0.370. The van der Waals surface area contributed by atoms with Crippen LogP contribution in [-0.4, -0.2) is 19.8 Å². The molecule has 0 heterocycles. The van der Waals surface area contributed by atoms with Crippen LogP contribution in [0, 0.1) is 5.82 Å². The quantitative estimate of drug-likeness (QED) is 0.850. The van der Waals surface area contributed by atoms with Gasteiger partial charge in [-0.2, -0.15) is 0 Å². The Hall–Kier alpha value is -1.29. The number of benzene rings is 1. The van der Waals surface area contributed by atoms with Crippen LogP contribution in [0.1, 0.15) is 18.4 Å². The molecule has 0 spiro atoms. The van der Waals surface area contributed by atoms with E-state index in [0.717, 1.165) is 12.8 Å². The van der Waals surface area contributed by atoms with Crippen molar-refractivity contribution in [2.75, 3.05) is 14.2 Å². The monoisotopic (exact) mass is 225 g/mol. The van der Waals surface area contributed by atoms with Crippen molar-refractivity contribution in [3.05, 3.63) is 23.5 Å². The fourth-order valence-electron chi connectivity index (χ4n) is 1.74. The van der Waals surface area contributed by atoms with Crippen molar-refractivity contribution in [3.63, 3.8) is 0 Å². The minimum atomic E-state index is -0.333. The molecule has 1 aliphatic carbocycles. The summed E-state index contributed by atoms with van der Waals surface area (Å²) >= 11 is 0. The maximum absolute atomic E-state index is 13.9. The second-order valence-corrected chi connectivity index (χ2v) is 4.34. The van der Waals surface area contributed by atoms with Crippen LogP contribution in [0.15, 0.2) is 12.1 Å². The predicted octanol–water partition coefficient (Wildman–Crippen LogP) is 1.88. The van der Waals surface area contributed by atoms with Crippen LogP contribution in [0.25, 0.3) is 0 Å². The molecule has 0 radical (unpaired) electrons. The van der Waals surface area contributed by atoms with Gasteiger partial charge >= 0.3 is 0 Å². The van der Waals surface area contributed by atoms with Crippen LogP contribution in [0.3, 0.4) is 0 Å². The molecule has 0 aliphatic heterocycles. The van der Waals surface area contributed by atoms with Crippen LogP contribution >= 0.6 is 0 Å². The average molecular weight is 225 g/mol. The zero-order valence-electron chi connectivity index (χ0n) is 9.55. The molecular formula is C12H16FNO2. The Labute approximate surface area is 94.3 Å². The van der Waals surface area contributed by atoms with Gasteiger partial charge in [-0.05, 0) is 30.9 Å². The third kappa shape index (κ3) is 2.11. The van der Waals surface area contributed by atoms with E-state index in [4.69, 9.17) is 15.2 Å². The molecule has 1 aromatic carbocycles. The van der Waals surface area contributed by atoms with Gasteiger partial charge in [0.25, 0.3) is 0 Å². The molecule has 2 N–H and O–H groups in total. The van der Waals surface area contributed by atoms with Crippen LogP contribution in [0.4, 0.5) is 4.39 Å². The van der Waals surface area contributed by atoms with Gasteiger partial charge in [-0.3, -0.25) is 0 Å². The van der Waals surface area contributed by atoms with Crippen molar-refractivity contribution in [3.8, 4) is 11.5 Å². The number of nitrogens with two attached hydrogens (primary N) is 1. The number of hydrogen-bond acceptors (Lipinski definition) is 3. The molecule has 1 saturated carbocycles. The molecule has 88 valence electrons. The van der Waals surface area contributed by atoms with Crippen molar-refractivity contribution in [2.24, 2.45) is 5.73 Å². The summed E-state index contributed by atoms with van der Waals surface area (Å²) in [5, 5.41) is 0. The highest BCUT2D eigenvalue weighted by atomic mass is 19.1. The Bertz CT molecular complexity index is 402. The number of rotatable bonds is 4. The minimum absolute atomic E-state index is 0.207. The smallest absolute Gasteiger partial charge is 0.168 e. The van der Waals surface area contributed by atoms with Crippen LogP contribution < -0.4 is 15.2 Å². The number of ether oxygens (including phenoxy) is 2. The van der Waals surface area contributed by atoms with E-state index in [1.807, 2.05) is 0 Å². The maximum Gasteiger partial charge on any atom is 0.168 e. The van der Waals surface area contributed by atoms with Crippen molar-refractivity contribution < 1.29 is 13.9 Å². The van der Waals surface area contributed by atoms with Gasteiger partial charge in [0.1, 0.15) is 5.75 Å². The first-order chi connectivity index (χ1) is 7.58. The van der Waals surface area contributed by atoms with E-state index in [0.29, 0.717) is 17.7 Å². The van der Waals surface area contributed by atoms with Gasteiger partial charge in [0, 0.05) is 11.6 Å². The summed E-state index contributed by atoms with van der Waals surface area (Å²) < 4.78 is 24.0. The topological polar surface area (TPSA) is 44.5 Å². The Morgan fingerprint density at radius 3 is 2.50 bits per heavy atom. The molecule has 0 bridgehead atoms. The molecule has 0 saturated heterocycles. The van der Waals surface area contributed by atoms with Gasteiger partial charge in [0.05, 0.1) is 14.2 Å². The van der Waals surface area contributed by atoms with Gasteiger partial charge in [-0.15, -0.1) is 0 Å². The Balaban J connectivity index is 2.34. The lowest BCUT2D eigenvalue weighted by Crippen LogP contribution is -2.25. The maximum atomic E-state index is 13.9. The molecule has 0 atom stereocenters. The summed E-state index contributed by atoms with van der Waals surface area (Å²) in [7, 11) is 2.99. The third-order valence-corrected chi connectivity index (χ3v) is 2.98. The van der Waals surface area contributed by atoms with Crippen molar-refractivity contribution >= 4 is 0 Å². The first kappa shape index (κ1) is 11.2. The van der Waals surface area contributed by atoms with E-state index in [-0.39, 0.29) is 17.1 Å². The van der Waals surface area contributed by atoms with Gasteiger partial charge in [0.15, 0.2) is 11.6 Å². The summed E-state index contributed by atoms with van der Waals surface area (Å²) in [5.74, 6) is 0.469. The Kier molecular flexibility index (Phi) is 2.76. The van der Waals surface area contributed by atoms with Gasteiger partial charge in [-0.25, -0.2) is 4.39 Å². The van der Waals surface area contributed by atoms with E-state index in [2.05, 4.69) is 0 Å². The molecule has 1 aromatic rings. The first-order valence-electron chi connectivity index (χ1n) is 5.27. The third-order valence-electron chi connectivity index (χ3n) is 2.98. The van der Waals surface area contributed by atoms with E-state index in [1.54, 1.807) is 13.2 Å². The zero-order chi connectivity index (χ0) is 11.8. The van der Waals surface area contributed by atoms with Crippen molar-refractivity contribution in [1.29, 1.82) is 0 Å². The highest BCUT2D eigenvalue weighted by molar-refractivity contribution is 5.41. The molecular weight excluding hydrogens is 209 g/mol. The lowest BCUT2D eigenvalue weighted by Gasteiger charge is -2.13. The van der Waals surface area contributed by atoms with Crippen LogP contribution in [0.5, 0.6) is 11.5 Å². The fraction of sp³-hybridized carbons (Fsp3) is 0.500. The molecule has 1 fully saturated rings. The second kappa shape index (κ2) is 3.94. The Morgan fingerprint density at radius 1 is 1.31 bits per heavy atom. The van der Waals surface area contributed by atoms with E-state index >= 15 is 0 Å². The van der Waals surface area contributed by atoms with Gasteiger partial charge < -0.3 is 15.2 Å². The largest absolute Gasteiger partial charge is 0.497 e. The molecule has 3 nitrogen and oxygen atoms in total. The highest BCUT2D eigenvalue weighted by Gasteiger charge is 2.39. The van der Waals surface area contributed by atoms with E-state index in [9.17, 15) is 4.39 Å². The lowest BCUT2D eigenvalue weighted by atomic mass is 10.0. The molecule has 2 rings (SSSR count). The number of hydrogen-bond donors (Lipinski definition) is 1. The van der Waals surface area contributed by atoms with Gasteiger partial charge in [0.2, 0.25) is 0 Å². The Morgan fingerprint density at radius 2 is 2.00 bits per heavy atom. The number of methoxy groups -OCH3 is 2.